The van der Waals surface area contributed by atoms with E-state index in [-0.39, 0.29) is 10.8 Å². The van der Waals surface area contributed by atoms with E-state index in [1.54, 1.807) is 6.07 Å². The van der Waals surface area contributed by atoms with E-state index in [9.17, 15) is 18.0 Å². The summed E-state index contributed by atoms with van der Waals surface area (Å²) in [5, 5.41) is 11.4. The molecule has 0 aromatic heterocycles. The first-order chi connectivity index (χ1) is 9.80. The molecule has 0 saturated carbocycles. The molecule has 1 aliphatic heterocycles. The van der Waals surface area contributed by atoms with E-state index < -0.39 is 22.5 Å². The summed E-state index contributed by atoms with van der Waals surface area (Å²) in [4.78, 5) is 22.1. The summed E-state index contributed by atoms with van der Waals surface area (Å²) >= 11 is 0. The van der Waals surface area contributed by atoms with Gasteiger partial charge in [0.1, 0.15) is 6.54 Å². The van der Waals surface area contributed by atoms with Crippen molar-refractivity contribution in [1.82, 2.24) is 4.31 Å². The highest BCUT2D eigenvalue weighted by atomic mass is 32.2. The van der Waals surface area contributed by atoms with Gasteiger partial charge in [0.15, 0.2) is 0 Å². The molecule has 1 heterocycles. The minimum absolute atomic E-state index is 0.0288. The largest absolute Gasteiger partial charge is 0.480 e. The highest BCUT2D eigenvalue weighted by molar-refractivity contribution is 7.89. The van der Waals surface area contributed by atoms with E-state index >= 15 is 0 Å². The first kappa shape index (κ1) is 15.5. The Hall–Kier alpha value is -1.93. The van der Waals surface area contributed by atoms with Gasteiger partial charge in [0.25, 0.3) is 0 Å². The molecule has 0 aliphatic carbocycles. The van der Waals surface area contributed by atoms with Crippen LogP contribution >= 0.6 is 0 Å². The zero-order valence-electron chi connectivity index (χ0n) is 11.5. The third kappa shape index (κ3) is 3.40. The molecule has 21 heavy (non-hydrogen) atoms. The van der Waals surface area contributed by atoms with Crippen molar-refractivity contribution in [2.75, 3.05) is 18.9 Å². The molecule has 1 aromatic rings. The molecule has 0 saturated heterocycles. The average molecular weight is 312 g/mol. The lowest BCUT2D eigenvalue weighted by atomic mass is 10.1. The van der Waals surface area contributed by atoms with Crippen molar-refractivity contribution in [3.8, 4) is 0 Å². The number of rotatable bonds is 4. The fourth-order valence-electron chi connectivity index (χ4n) is 2.17. The smallest absolute Gasteiger partial charge is 0.318 e. The topological polar surface area (TPSA) is 104 Å². The van der Waals surface area contributed by atoms with Crippen molar-refractivity contribution in [2.45, 2.75) is 24.2 Å². The van der Waals surface area contributed by atoms with Crippen LogP contribution in [0.5, 0.6) is 0 Å². The van der Waals surface area contributed by atoms with Gasteiger partial charge in [0, 0.05) is 19.2 Å². The summed E-state index contributed by atoms with van der Waals surface area (Å²) in [6, 6.07) is 4.41. The molecule has 1 amide bonds. The van der Waals surface area contributed by atoms with Gasteiger partial charge < -0.3 is 10.4 Å². The number of amides is 1. The van der Waals surface area contributed by atoms with Crippen LogP contribution in [0.15, 0.2) is 23.1 Å². The summed E-state index contributed by atoms with van der Waals surface area (Å²) in [5.74, 6) is -1.31. The molecule has 1 aliphatic rings. The SMILES string of the molecule is CN(CC(=O)O)S(=O)(=O)c1ccc2c(c1)CCCC(=O)N2. The highest BCUT2D eigenvalue weighted by Crippen LogP contribution is 2.26. The molecule has 2 rings (SSSR count). The highest BCUT2D eigenvalue weighted by Gasteiger charge is 2.24. The minimum Gasteiger partial charge on any atom is -0.480 e. The van der Waals surface area contributed by atoms with Crippen molar-refractivity contribution < 1.29 is 23.1 Å². The van der Waals surface area contributed by atoms with E-state index in [4.69, 9.17) is 5.11 Å². The maximum Gasteiger partial charge on any atom is 0.318 e. The van der Waals surface area contributed by atoms with Gasteiger partial charge in [0.05, 0.1) is 4.90 Å². The van der Waals surface area contributed by atoms with Crippen LogP contribution in [0.2, 0.25) is 0 Å². The van der Waals surface area contributed by atoms with E-state index in [2.05, 4.69) is 5.32 Å². The van der Waals surface area contributed by atoms with Gasteiger partial charge in [-0.1, -0.05) is 0 Å². The molecule has 7 nitrogen and oxygen atoms in total. The second-order valence-corrected chi connectivity index (χ2v) is 6.92. The van der Waals surface area contributed by atoms with Crippen LogP contribution in [0.3, 0.4) is 0 Å². The summed E-state index contributed by atoms with van der Waals surface area (Å²) in [7, 11) is -2.63. The number of carboxylic acid groups (broad SMARTS) is 1. The molecular formula is C13H16N2O5S. The summed E-state index contributed by atoms with van der Waals surface area (Å²) < 4.78 is 25.3. The van der Waals surface area contributed by atoms with E-state index in [0.29, 0.717) is 24.9 Å². The van der Waals surface area contributed by atoms with Crippen LogP contribution in [0.25, 0.3) is 0 Å². The lowest BCUT2D eigenvalue weighted by Gasteiger charge is -2.16. The van der Waals surface area contributed by atoms with Gasteiger partial charge in [-0.2, -0.15) is 4.31 Å². The Morgan fingerprint density at radius 2 is 2.10 bits per heavy atom. The molecule has 0 unspecified atom stereocenters. The predicted molar refractivity (Wildman–Crippen MR) is 75.5 cm³/mol. The second kappa shape index (κ2) is 5.82. The fourth-order valence-corrected chi connectivity index (χ4v) is 3.34. The number of carboxylic acids is 1. The van der Waals surface area contributed by atoms with Crippen LogP contribution < -0.4 is 5.32 Å². The molecule has 2 N–H and O–H groups in total. The number of fused-ring (bicyclic) bond motifs is 1. The van der Waals surface area contributed by atoms with Crippen molar-refractivity contribution in [3.05, 3.63) is 23.8 Å². The van der Waals surface area contributed by atoms with E-state index in [0.717, 1.165) is 9.87 Å². The number of nitrogens with one attached hydrogen (secondary N) is 1. The molecular weight excluding hydrogens is 296 g/mol. The van der Waals surface area contributed by atoms with Crippen molar-refractivity contribution in [1.29, 1.82) is 0 Å². The van der Waals surface area contributed by atoms with Gasteiger partial charge in [-0.25, -0.2) is 8.42 Å². The number of hydrogen-bond acceptors (Lipinski definition) is 4. The minimum atomic E-state index is -3.85. The second-order valence-electron chi connectivity index (χ2n) is 4.88. The van der Waals surface area contributed by atoms with Crippen LogP contribution in [0.4, 0.5) is 5.69 Å². The lowest BCUT2D eigenvalue weighted by Crippen LogP contribution is -2.32. The standard InChI is InChI=1S/C13H16N2O5S/c1-15(8-13(17)18)21(19,20)10-5-6-11-9(7-10)3-2-4-12(16)14-11/h5-7H,2-4,8H2,1H3,(H,14,16)(H,17,18). The fraction of sp³-hybridized carbons (Fsp3) is 0.385. The number of carbonyl (C=O) groups excluding carboxylic acids is 1. The first-order valence-electron chi connectivity index (χ1n) is 6.41. The summed E-state index contributed by atoms with van der Waals surface area (Å²) in [6.45, 7) is -0.601. The van der Waals surface area contributed by atoms with Gasteiger partial charge in [-0.3, -0.25) is 9.59 Å². The Morgan fingerprint density at radius 3 is 2.76 bits per heavy atom. The zero-order chi connectivity index (χ0) is 15.6. The van der Waals surface area contributed by atoms with Gasteiger partial charge >= 0.3 is 5.97 Å². The van der Waals surface area contributed by atoms with Gasteiger partial charge in [0.2, 0.25) is 15.9 Å². The Bertz CT molecular complexity index is 684. The maximum atomic E-state index is 12.3. The van der Waals surface area contributed by atoms with Crippen molar-refractivity contribution >= 4 is 27.6 Å². The van der Waals surface area contributed by atoms with Crippen molar-refractivity contribution in [3.63, 3.8) is 0 Å². The average Bonchev–Trinajstić information content (AvgIpc) is 2.57. The Morgan fingerprint density at radius 1 is 1.38 bits per heavy atom. The Kier molecular flexibility index (Phi) is 4.29. The van der Waals surface area contributed by atoms with Crippen LogP contribution in [-0.2, 0) is 26.0 Å². The molecule has 0 atom stereocenters. The number of aliphatic carboxylic acids is 1. The number of carbonyl (C=O) groups is 2. The number of likely N-dealkylation sites (N-methyl/N-ethyl adjacent to an activating group) is 1. The first-order valence-corrected chi connectivity index (χ1v) is 7.85. The number of sulfonamides is 1. The van der Waals surface area contributed by atoms with Crippen LogP contribution in [-0.4, -0.2) is 43.3 Å². The number of hydrogen-bond donors (Lipinski definition) is 2. The van der Waals surface area contributed by atoms with Crippen LogP contribution in [0, 0.1) is 0 Å². The summed E-state index contributed by atoms with van der Waals surface area (Å²) in [6.07, 6.45) is 1.64. The normalized spacial score (nSPS) is 15.2. The molecule has 0 radical (unpaired) electrons. The van der Waals surface area contributed by atoms with Gasteiger partial charge in [-0.05, 0) is 36.6 Å². The van der Waals surface area contributed by atoms with Crippen LogP contribution in [0.1, 0.15) is 18.4 Å². The number of nitrogens with zero attached hydrogens (tertiary/aromatic N) is 1. The molecule has 1 aromatic carbocycles. The predicted octanol–water partition coefficient (Wildman–Crippen LogP) is 0.666. The number of aryl methyl sites for hydroxylation is 1. The molecule has 0 spiro atoms. The monoisotopic (exact) mass is 312 g/mol. The molecule has 0 bridgehead atoms. The van der Waals surface area contributed by atoms with E-state index in [1.807, 2.05) is 0 Å². The Balaban J connectivity index is 2.35. The number of benzene rings is 1. The Labute approximate surface area is 122 Å². The third-order valence-electron chi connectivity index (χ3n) is 3.27. The molecule has 114 valence electrons. The van der Waals surface area contributed by atoms with Gasteiger partial charge in [-0.15, -0.1) is 0 Å². The summed E-state index contributed by atoms with van der Waals surface area (Å²) in [5.41, 5.74) is 1.35. The molecule has 0 fully saturated rings. The van der Waals surface area contributed by atoms with E-state index in [1.165, 1.54) is 19.2 Å². The zero-order valence-corrected chi connectivity index (χ0v) is 12.3. The number of anilines is 1. The third-order valence-corrected chi connectivity index (χ3v) is 5.07. The van der Waals surface area contributed by atoms with Crippen molar-refractivity contribution in [2.24, 2.45) is 0 Å². The lowest BCUT2D eigenvalue weighted by molar-refractivity contribution is -0.137. The molecule has 8 heteroatoms. The quantitative estimate of drug-likeness (QED) is 0.850. The maximum absolute atomic E-state index is 12.3.